The number of nitrogens with one attached hydrogen (secondary N) is 2. The van der Waals surface area contributed by atoms with E-state index in [0.717, 1.165) is 23.1 Å². The molecule has 25 heavy (non-hydrogen) atoms. The standard InChI is InChI=1S/C20H25N3O2/c1-3-14(2)17-9-4-5-10-18(17)23-20(25)19(24)22-13-16-8-6-7-15(11-16)12-21/h4-11,14H,3,12-13,21H2,1-2H3,(H,22,24)(H,23,25). The molecule has 2 rings (SSSR count). The Hall–Kier alpha value is -2.66. The molecule has 0 aromatic heterocycles. The van der Waals surface area contributed by atoms with Gasteiger partial charge >= 0.3 is 11.8 Å². The van der Waals surface area contributed by atoms with Crippen molar-refractivity contribution in [3.8, 4) is 0 Å². The van der Waals surface area contributed by atoms with Gasteiger partial charge in [-0.15, -0.1) is 0 Å². The van der Waals surface area contributed by atoms with E-state index in [2.05, 4.69) is 24.5 Å². The van der Waals surface area contributed by atoms with Crippen molar-refractivity contribution in [2.75, 3.05) is 5.32 Å². The summed E-state index contributed by atoms with van der Waals surface area (Å²) in [7, 11) is 0. The second kappa shape index (κ2) is 8.99. The Morgan fingerprint density at radius 2 is 1.76 bits per heavy atom. The van der Waals surface area contributed by atoms with E-state index in [1.54, 1.807) is 0 Å². The summed E-state index contributed by atoms with van der Waals surface area (Å²) in [6.07, 6.45) is 0.955. The zero-order valence-electron chi connectivity index (χ0n) is 14.7. The molecule has 132 valence electrons. The third-order valence-corrected chi connectivity index (χ3v) is 4.24. The van der Waals surface area contributed by atoms with Crippen LogP contribution in [0.3, 0.4) is 0 Å². The topological polar surface area (TPSA) is 84.2 Å². The van der Waals surface area contributed by atoms with Crippen molar-refractivity contribution in [2.45, 2.75) is 39.3 Å². The molecule has 2 amide bonds. The first kappa shape index (κ1) is 18.7. The summed E-state index contributed by atoms with van der Waals surface area (Å²) < 4.78 is 0. The summed E-state index contributed by atoms with van der Waals surface area (Å²) in [6, 6.07) is 15.2. The molecule has 0 aliphatic heterocycles. The van der Waals surface area contributed by atoms with Gasteiger partial charge in [-0.05, 0) is 35.1 Å². The maximum Gasteiger partial charge on any atom is 0.313 e. The molecule has 0 radical (unpaired) electrons. The molecule has 0 saturated heterocycles. The van der Waals surface area contributed by atoms with Gasteiger partial charge < -0.3 is 16.4 Å². The summed E-state index contributed by atoms with van der Waals surface area (Å²) in [5.74, 6) is -1.01. The zero-order chi connectivity index (χ0) is 18.2. The summed E-state index contributed by atoms with van der Waals surface area (Å²) in [4.78, 5) is 24.3. The molecule has 0 bridgehead atoms. The number of para-hydroxylation sites is 1. The molecular formula is C20H25N3O2. The average molecular weight is 339 g/mol. The van der Waals surface area contributed by atoms with Gasteiger partial charge in [0.1, 0.15) is 0 Å². The van der Waals surface area contributed by atoms with Crippen LogP contribution in [0.1, 0.15) is 42.9 Å². The maximum atomic E-state index is 12.2. The number of benzene rings is 2. The van der Waals surface area contributed by atoms with Gasteiger partial charge in [0, 0.05) is 18.8 Å². The Labute approximate surface area is 148 Å². The van der Waals surface area contributed by atoms with Gasteiger partial charge in [-0.1, -0.05) is 56.3 Å². The Morgan fingerprint density at radius 1 is 1.04 bits per heavy atom. The second-order valence-electron chi connectivity index (χ2n) is 6.06. The molecule has 0 saturated carbocycles. The molecule has 2 aromatic rings. The van der Waals surface area contributed by atoms with Gasteiger partial charge in [0.05, 0.1) is 0 Å². The van der Waals surface area contributed by atoms with Crippen molar-refractivity contribution in [1.82, 2.24) is 5.32 Å². The van der Waals surface area contributed by atoms with Crippen LogP contribution in [0.4, 0.5) is 5.69 Å². The molecular weight excluding hydrogens is 314 g/mol. The van der Waals surface area contributed by atoms with Crippen LogP contribution in [-0.4, -0.2) is 11.8 Å². The normalized spacial score (nSPS) is 11.6. The summed E-state index contributed by atoms with van der Waals surface area (Å²) >= 11 is 0. The van der Waals surface area contributed by atoms with Gasteiger partial charge in [-0.25, -0.2) is 0 Å². The minimum atomic E-state index is -0.661. The average Bonchev–Trinajstić information content (AvgIpc) is 2.66. The molecule has 0 fully saturated rings. The highest BCUT2D eigenvalue weighted by atomic mass is 16.2. The number of carbonyl (C=O) groups is 2. The van der Waals surface area contributed by atoms with Crippen molar-refractivity contribution in [3.63, 3.8) is 0 Å². The van der Waals surface area contributed by atoms with Crippen molar-refractivity contribution in [2.24, 2.45) is 5.73 Å². The third kappa shape index (κ3) is 5.16. The monoisotopic (exact) mass is 339 g/mol. The molecule has 5 nitrogen and oxygen atoms in total. The van der Waals surface area contributed by atoms with E-state index in [1.165, 1.54) is 0 Å². The van der Waals surface area contributed by atoms with Crippen LogP contribution in [0.15, 0.2) is 48.5 Å². The van der Waals surface area contributed by atoms with Crippen LogP contribution in [0.5, 0.6) is 0 Å². The number of hydrogen-bond acceptors (Lipinski definition) is 3. The van der Waals surface area contributed by atoms with Gasteiger partial charge in [-0.2, -0.15) is 0 Å². The first-order valence-electron chi connectivity index (χ1n) is 8.51. The Kier molecular flexibility index (Phi) is 6.71. The fraction of sp³-hybridized carbons (Fsp3) is 0.300. The number of rotatable bonds is 6. The fourth-order valence-electron chi connectivity index (χ4n) is 2.57. The van der Waals surface area contributed by atoms with Crippen LogP contribution in [0, 0.1) is 0 Å². The van der Waals surface area contributed by atoms with E-state index in [-0.39, 0.29) is 6.54 Å². The minimum absolute atomic E-state index is 0.285. The van der Waals surface area contributed by atoms with Crippen molar-refractivity contribution in [3.05, 3.63) is 65.2 Å². The smallest absolute Gasteiger partial charge is 0.313 e. The van der Waals surface area contributed by atoms with E-state index >= 15 is 0 Å². The number of nitrogens with two attached hydrogens (primary N) is 1. The van der Waals surface area contributed by atoms with Crippen LogP contribution in [-0.2, 0) is 22.7 Å². The van der Waals surface area contributed by atoms with E-state index in [0.29, 0.717) is 18.2 Å². The second-order valence-corrected chi connectivity index (χ2v) is 6.06. The molecule has 0 spiro atoms. The van der Waals surface area contributed by atoms with E-state index in [1.807, 2.05) is 48.5 Å². The summed E-state index contributed by atoms with van der Waals surface area (Å²) in [6.45, 7) is 4.91. The van der Waals surface area contributed by atoms with Gasteiger partial charge in [0.2, 0.25) is 0 Å². The minimum Gasteiger partial charge on any atom is -0.344 e. The molecule has 1 atom stereocenters. The predicted octanol–water partition coefficient (Wildman–Crippen LogP) is 2.91. The largest absolute Gasteiger partial charge is 0.344 e. The SMILES string of the molecule is CCC(C)c1ccccc1NC(=O)C(=O)NCc1cccc(CN)c1. The summed E-state index contributed by atoms with van der Waals surface area (Å²) in [5.41, 5.74) is 9.21. The molecule has 5 heteroatoms. The lowest BCUT2D eigenvalue weighted by molar-refractivity contribution is -0.136. The molecule has 0 aliphatic carbocycles. The van der Waals surface area contributed by atoms with E-state index in [9.17, 15) is 9.59 Å². The molecule has 4 N–H and O–H groups in total. The first-order chi connectivity index (χ1) is 12.0. The van der Waals surface area contributed by atoms with Crippen LogP contribution in [0.25, 0.3) is 0 Å². The predicted molar refractivity (Wildman–Crippen MR) is 100.0 cm³/mol. The van der Waals surface area contributed by atoms with Gasteiger partial charge in [0.25, 0.3) is 0 Å². The van der Waals surface area contributed by atoms with Crippen molar-refractivity contribution in [1.29, 1.82) is 0 Å². The lowest BCUT2D eigenvalue weighted by Crippen LogP contribution is -2.35. The third-order valence-electron chi connectivity index (χ3n) is 4.24. The number of carbonyl (C=O) groups excluding carboxylic acids is 2. The Morgan fingerprint density at radius 3 is 2.48 bits per heavy atom. The number of hydrogen-bond donors (Lipinski definition) is 3. The van der Waals surface area contributed by atoms with Crippen LogP contribution in [0.2, 0.25) is 0 Å². The molecule has 0 aliphatic rings. The van der Waals surface area contributed by atoms with Crippen molar-refractivity contribution >= 4 is 17.5 Å². The highest BCUT2D eigenvalue weighted by molar-refractivity contribution is 6.39. The fourth-order valence-corrected chi connectivity index (χ4v) is 2.57. The lowest BCUT2D eigenvalue weighted by Gasteiger charge is -2.15. The van der Waals surface area contributed by atoms with Crippen LogP contribution < -0.4 is 16.4 Å². The Balaban J connectivity index is 1.98. The van der Waals surface area contributed by atoms with Crippen LogP contribution >= 0.6 is 0 Å². The van der Waals surface area contributed by atoms with Gasteiger partial charge in [-0.3, -0.25) is 9.59 Å². The summed E-state index contributed by atoms with van der Waals surface area (Å²) in [5, 5.41) is 5.35. The quantitative estimate of drug-likeness (QED) is 0.708. The van der Waals surface area contributed by atoms with Gasteiger partial charge in [0.15, 0.2) is 0 Å². The highest BCUT2D eigenvalue weighted by Gasteiger charge is 2.16. The highest BCUT2D eigenvalue weighted by Crippen LogP contribution is 2.26. The first-order valence-corrected chi connectivity index (χ1v) is 8.51. The number of anilines is 1. The lowest BCUT2D eigenvalue weighted by atomic mass is 9.97. The number of amides is 2. The maximum absolute atomic E-state index is 12.2. The molecule has 2 aromatic carbocycles. The zero-order valence-corrected chi connectivity index (χ0v) is 14.7. The Bertz CT molecular complexity index is 743. The van der Waals surface area contributed by atoms with E-state index < -0.39 is 11.8 Å². The molecule has 1 unspecified atom stereocenters. The van der Waals surface area contributed by atoms with E-state index in [4.69, 9.17) is 5.73 Å². The molecule has 0 heterocycles. The van der Waals surface area contributed by atoms with Crippen molar-refractivity contribution < 1.29 is 9.59 Å².